The van der Waals surface area contributed by atoms with Crippen molar-refractivity contribution in [1.29, 1.82) is 0 Å². The highest BCUT2D eigenvalue weighted by atomic mass is 35.5. The van der Waals surface area contributed by atoms with Gasteiger partial charge in [-0.3, -0.25) is 9.52 Å². The van der Waals surface area contributed by atoms with Crippen molar-refractivity contribution < 1.29 is 17.9 Å². The first-order valence-electron chi connectivity index (χ1n) is 9.22. The van der Waals surface area contributed by atoms with Gasteiger partial charge in [-0.05, 0) is 67.4 Å². The van der Waals surface area contributed by atoms with Gasteiger partial charge in [-0.1, -0.05) is 11.6 Å². The van der Waals surface area contributed by atoms with Gasteiger partial charge in [-0.2, -0.15) is 0 Å². The lowest BCUT2D eigenvalue weighted by Crippen LogP contribution is -2.25. The maximum Gasteiger partial charge on any atom is 0.261 e. The molecule has 0 aliphatic heterocycles. The molecule has 1 aromatic heterocycles. The number of carbonyl (C=O) groups is 1. The van der Waals surface area contributed by atoms with Gasteiger partial charge in [0, 0.05) is 22.7 Å². The first-order chi connectivity index (χ1) is 14.4. The quantitative estimate of drug-likeness (QED) is 0.569. The van der Waals surface area contributed by atoms with Crippen molar-refractivity contribution in [2.75, 3.05) is 4.72 Å². The Hall–Kier alpha value is -3.10. The van der Waals surface area contributed by atoms with Gasteiger partial charge in [0.2, 0.25) is 5.88 Å². The molecular weight excluding hydrogens is 426 g/mol. The number of anilines is 1. The van der Waals surface area contributed by atoms with Crippen LogP contribution in [0.3, 0.4) is 0 Å². The summed E-state index contributed by atoms with van der Waals surface area (Å²) in [5, 5.41) is 3.38. The number of hydrogen-bond donors (Lipinski definition) is 2. The lowest BCUT2D eigenvalue weighted by molar-refractivity contribution is 0.0951. The van der Waals surface area contributed by atoms with E-state index >= 15 is 0 Å². The van der Waals surface area contributed by atoms with Gasteiger partial charge >= 0.3 is 0 Å². The monoisotopic (exact) mass is 443 g/mol. The molecule has 1 aliphatic rings. The molecule has 0 unspecified atom stereocenters. The van der Waals surface area contributed by atoms with Gasteiger partial charge in [0.1, 0.15) is 5.75 Å². The highest BCUT2D eigenvalue weighted by Crippen LogP contribution is 2.24. The Kier molecular flexibility index (Phi) is 5.61. The predicted octanol–water partition coefficient (Wildman–Crippen LogP) is 4.22. The topological polar surface area (TPSA) is 97.4 Å². The van der Waals surface area contributed by atoms with Gasteiger partial charge < -0.3 is 10.1 Å². The molecule has 7 nitrogen and oxygen atoms in total. The van der Waals surface area contributed by atoms with E-state index in [4.69, 9.17) is 16.3 Å². The Morgan fingerprint density at radius 1 is 1.00 bits per heavy atom. The fraction of sp³-hybridized carbons (Fsp3) is 0.143. The minimum atomic E-state index is -3.75. The summed E-state index contributed by atoms with van der Waals surface area (Å²) in [6, 6.07) is 16.0. The zero-order valence-electron chi connectivity index (χ0n) is 15.7. The second-order valence-corrected chi connectivity index (χ2v) is 8.94. The van der Waals surface area contributed by atoms with E-state index in [1.54, 1.807) is 36.4 Å². The summed E-state index contributed by atoms with van der Waals surface area (Å²) in [5.74, 6) is 0.707. The van der Waals surface area contributed by atoms with E-state index in [0.717, 1.165) is 12.8 Å². The maximum atomic E-state index is 12.4. The number of carbonyl (C=O) groups excluding carboxylic acids is 1. The number of pyridine rings is 1. The Morgan fingerprint density at radius 3 is 2.30 bits per heavy atom. The number of ether oxygens (including phenoxy) is 1. The first-order valence-corrected chi connectivity index (χ1v) is 11.1. The molecule has 2 aromatic carbocycles. The molecule has 2 N–H and O–H groups in total. The minimum Gasteiger partial charge on any atom is -0.439 e. The molecule has 0 bridgehead atoms. The van der Waals surface area contributed by atoms with E-state index in [1.807, 2.05) is 0 Å². The van der Waals surface area contributed by atoms with Crippen molar-refractivity contribution in [2.45, 2.75) is 23.8 Å². The van der Waals surface area contributed by atoms with E-state index in [0.29, 0.717) is 33.9 Å². The van der Waals surface area contributed by atoms with Crippen LogP contribution in [0.1, 0.15) is 23.2 Å². The van der Waals surface area contributed by atoms with Crippen LogP contribution in [-0.4, -0.2) is 25.4 Å². The minimum absolute atomic E-state index is 0.0954. The molecule has 0 atom stereocenters. The number of rotatable bonds is 7. The van der Waals surface area contributed by atoms with Crippen LogP contribution < -0.4 is 14.8 Å². The number of benzene rings is 2. The molecular formula is C21H18ClN3O4S. The number of aromatic nitrogens is 1. The van der Waals surface area contributed by atoms with Crippen molar-refractivity contribution in [2.24, 2.45) is 0 Å². The third kappa shape index (κ3) is 5.08. The number of halogens is 1. The van der Waals surface area contributed by atoms with Crippen LogP contribution in [0.25, 0.3) is 0 Å². The maximum absolute atomic E-state index is 12.4. The van der Waals surface area contributed by atoms with Crippen molar-refractivity contribution in [3.05, 3.63) is 77.4 Å². The summed E-state index contributed by atoms with van der Waals surface area (Å²) in [6.45, 7) is 0. The van der Waals surface area contributed by atoms with Gasteiger partial charge in [-0.15, -0.1) is 0 Å². The van der Waals surface area contributed by atoms with Crippen molar-refractivity contribution in [3.8, 4) is 11.6 Å². The molecule has 1 fully saturated rings. The highest BCUT2D eigenvalue weighted by Gasteiger charge is 2.23. The van der Waals surface area contributed by atoms with Crippen LogP contribution in [0.4, 0.5) is 5.69 Å². The zero-order valence-corrected chi connectivity index (χ0v) is 17.3. The van der Waals surface area contributed by atoms with Crippen LogP contribution in [0.15, 0.2) is 71.8 Å². The average Bonchev–Trinajstić information content (AvgIpc) is 3.54. The molecule has 0 radical (unpaired) electrons. The molecule has 9 heteroatoms. The molecule has 1 saturated carbocycles. The Morgan fingerprint density at radius 2 is 1.70 bits per heavy atom. The van der Waals surface area contributed by atoms with Crippen molar-refractivity contribution >= 4 is 33.2 Å². The van der Waals surface area contributed by atoms with Crippen molar-refractivity contribution in [1.82, 2.24) is 10.3 Å². The lowest BCUT2D eigenvalue weighted by atomic mass is 10.2. The Labute approximate surface area is 179 Å². The summed E-state index contributed by atoms with van der Waals surface area (Å²) < 4.78 is 32.9. The van der Waals surface area contributed by atoms with E-state index in [9.17, 15) is 13.2 Å². The van der Waals surface area contributed by atoms with E-state index in [-0.39, 0.29) is 10.8 Å². The molecule has 0 saturated heterocycles. The summed E-state index contributed by atoms with van der Waals surface area (Å²) in [5.41, 5.74) is 0.860. The molecule has 0 spiro atoms. The predicted molar refractivity (Wildman–Crippen MR) is 114 cm³/mol. The third-order valence-electron chi connectivity index (χ3n) is 4.36. The van der Waals surface area contributed by atoms with Crippen LogP contribution in [0, 0.1) is 0 Å². The second kappa shape index (κ2) is 8.33. The SMILES string of the molecule is O=C(NC1CC1)c1ccc(Oc2ccc(NS(=O)(=O)c3ccc(Cl)cc3)cn2)cc1. The molecule has 30 heavy (non-hydrogen) atoms. The third-order valence-corrected chi connectivity index (χ3v) is 6.01. The van der Waals surface area contributed by atoms with Gasteiger partial charge in [0.25, 0.3) is 15.9 Å². The summed E-state index contributed by atoms with van der Waals surface area (Å²) in [6.07, 6.45) is 3.43. The van der Waals surface area contributed by atoms with E-state index in [2.05, 4.69) is 15.0 Å². The number of sulfonamides is 1. The molecule has 1 heterocycles. The lowest BCUT2D eigenvalue weighted by Gasteiger charge is -2.09. The fourth-order valence-electron chi connectivity index (χ4n) is 2.62. The van der Waals surface area contributed by atoms with Gasteiger partial charge in [-0.25, -0.2) is 13.4 Å². The average molecular weight is 444 g/mol. The second-order valence-electron chi connectivity index (χ2n) is 6.82. The largest absolute Gasteiger partial charge is 0.439 e. The van der Waals surface area contributed by atoms with E-state index < -0.39 is 10.0 Å². The molecule has 1 amide bonds. The number of nitrogens with one attached hydrogen (secondary N) is 2. The smallest absolute Gasteiger partial charge is 0.261 e. The van der Waals surface area contributed by atoms with Crippen LogP contribution in [-0.2, 0) is 10.0 Å². The van der Waals surface area contributed by atoms with Crippen LogP contribution in [0.2, 0.25) is 5.02 Å². The Balaban J connectivity index is 1.38. The highest BCUT2D eigenvalue weighted by molar-refractivity contribution is 7.92. The number of amides is 1. The van der Waals surface area contributed by atoms with Crippen LogP contribution >= 0.6 is 11.6 Å². The van der Waals surface area contributed by atoms with Crippen molar-refractivity contribution in [3.63, 3.8) is 0 Å². The summed E-state index contributed by atoms with van der Waals surface area (Å²) >= 11 is 5.79. The first kappa shape index (κ1) is 20.2. The number of hydrogen-bond acceptors (Lipinski definition) is 5. The van der Waals surface area contributed by atoms with Crippen LogP contribution in [0.5, 0.6) is 11.6 Å². The summed E-state index contributed by atoms with van der Waals surface area (Å²) in [7, 11) is -3.75. The number of nitrogens with zero attached hydrogens (tertiary/aromatic N) is 1. The molecule has 1 aliphatic carbocycles. The fourth-order valence-corrected chi connectivity index (χ4v) is 3.79. The Bertz CT molecular complexity index is 1140. The standard InChI is InChI=1S/C21H18ClN3O4S/c22-15-3-10-19(11-4-15)30(27,28)25-17-7-12-20(23-13-17)29-18-8-1-14(2-9-18)21(26)24-16-5-6-16/h1-4,7-13,16,25H,5-6H2,(H,24,26). The molecule has 154 valence electrons. The zero-order chi connectivity index (χ0) is 21.1. The van der Waals surface area contributed by atoms with Gasteiger partial charge in [0.15, 0.2) is 0 Å². The van der Waals surface area contributed by atoms with E-state index in [1.165, 1.54) is 30.5 Å². The molecule has 3 aromatic rings. The summed E-state index contributed by atoms with van der Waals surface area (Å²) in [4.78, 5) is 16.2. The van der Waals surface area contributed by atoms with Gasteiger partial charge in [0.05, 0.1) is 16.8 Å². The molecule has 4 rings (SSSR count). The normalized spacial score (nSPS) is 13.5.